The highest BCUT2D eigenvalue weighted by molar-refractivity contribution is 6.15. The third kappa shape index (κ3) is 3.79. The summed E-state index contributed by atoms with van der Waals surface area (Å²) < 4.78 is 10.9. The minimum Gasteiger partial charge on any atom is -0.493 e. The van der Waals surface area contributed by atoms with E-state index in [0.29, 0.717) is 41.2 Å². The van der Waals surface area contributed by atoms with Crippen LogP contribution < -0.4 is 9.47 Å². The maximum absolute atomic E-state index is 13.6. The van der Waals surface area contributed by atoms with Gasteiger partial charge in [0.05, 0.1) is 25.8 Å². The number of hydrogen-bond donors (Lipinski definition) is 0. The molecule has 31 heavy (non-hydrogen) atoms. The maximum Gasteiger partial charge on any atom is 0.255 e. The van der Waals surface area contributed by atoms with Crippen LogP contribution in [0.25, 0.3) is 0 Å². The lowest BCUT2D eigenvalue weighted by atomic mass is 9.91. The summed E-state index contributed by atoms with van der Waals surface area (Å²) in [6, 6.07) is 19.9. The summed E-state index contributed by atoms with van der Waals surface area (Å²) >= 11 is 0. The number of methoxy groups -OCH3 is 2. The summed E-state index contributed by atoms with van der Waals surface area (Å²) in [6.07, 6.45) is 0.709. The Morgan fingerprint density at radius 1 is 0.871 bits per heavy atom. The second-order valence-electron chi connectivity index (χ2n) is 7.57. The second kappa shape index (κ2) is 8.64. The first-order chi connectivity index (χ1) is 15.0. The van der Waals surface area contributed by atoms with Gasteiger partial charge in [0.25, 0.3) is 5.91 Å². The molecule has 5 heteroatoms. The summed E-state index contributed by atoms with van der Waals surface area (Å²) in [4.78, 5) is 28.5. The first-order valence-corrected chi connectivity index (χ1v) is 10.3. The molecule has 1 amide bonds. The smallest absolute Gasteiger partial charge is 0.255 e. The van der Waals surface area contributed by atoms with Crippen LogP contribution >= 0.6 is 0 Å². The molecule has 4 rings (SSSR count). The van der Waals surface area contributed by atoms with E-state index >= 15 is 0 Å². The van der Waals surface area contributed by atoms with Crippen molar-refractivity contribution < 1.29 is 19.1 Å². The van der Waals surface area contributed by atoms with Crippen LogP contribution in [0.2, 0.25) is 0 Å². The molecule has 0 radical (unpaired) electrons. The first-order valence-electron chi connectivity index (χ1n) is 10.3. The molecule has 0 bridgehead atoms. The van der Waals surface area contributed by atoms with Gasteiger partial charge >= 0.3 is 0 Å². The van der Waals surface area contributed by atoms with Gasteiger partial charge in [-0.2, -0.15) is 0 Å². The topological polar surface area (TPSA) is 55.8 Å². The highest BCUT2D eigenvalue weighted by atomic mass is 16.5. The minimum absolute atomic E-state index is 0.146. The fourth-order valence-corrected chi connectivity index (χ4v) is 4.19. The number of ether oxygens (including phenoxy) is 2. The number of fused-ring (bicyclic) bond motifs is 1. The third-order valence-corrected chi connectivity index (χ3v) is 5.88. The molecule has 0 aliphatic carbocycles. The van der Waals surface area contributed by atoms with E-state index in [4.69, 9.17) is 9.47 Å². The van der Waals surface area contributed by atoms with E-state index in [-0.39, 0.29) is 17.7 Å². The zero-order valence-electron chi connectivity index (χ0n) is 17.9. The molecule has 1 atom stereocenters. The molecule has 1 unspecified atom stereocenters. The quantitative estimate of drug-likeness (QED) is 0.567. The van der Waals surface area contributed by atoms with Crippen molar-refractivity contribution in [1.82, 2.24) is 4.90 Å². The summed E-state index contributed by atoms with van der Waals surface area (Å²) in [5.41, 5.74) is 3.58. The van der Waals surface area contributed by atoms with Crippen molar-refractivity contribution in [2.75, 3.05) is 20.8 Å². The lowest BCUT2D eigenvalue weighted by molar-refractivity contribution is 0.0673. The van der Waals surface area contributed by atoms with Crippen LogP contribution in [0.1, 0.15) is 50.4 Å². The van der Waals surface area contributed by atoms with E-state index < -0.39 is 0 Å². The van der Waals surface area contributed by atoms with Crippen LogP contribution in [0, 0.1) is 0 Å². The van der Waals surface area contributed by atoms with E-state index in [9.17, 15) is 9.59 Å². The van der Waals surface area contributed by atoms with Crippen molar-refractivity contribution in [2.24, 2.45) is 0 Å². The van der Waals surface area contributed by atoms with Crippen LogP contribution in [0.4, 0.5) is 0 Å². The van der Waals surface area contributed by atoms with E-state index in [0.717, 1.165) is 11.1 Å². The van der Waals surface area contributed by atoms with Gasteiger partial charge < -0.3 is 14.4 Å². The maximum atomic E-state index is 13.6. The molecule has 5 nitrogen and oxygen atoms in total. The molecule has 0 fully saturated rings. The summed E-state index contributed by atoms with van der Waals surface area (Å²) in [6.45, 7) is 2.57. The van der Waals surface area contributed by atoms with E-state index in [1.165, 1.54) is 0 Å². The highest BCUT2D eigenvalue weighted by Gasteiger charge is 2.31. The number of benzene rings is 3. The van der Waals surface area contributed by atoms with Crippen LogP contribution in [0.15, 0.2) is 66.7 Å². The Kier molecular flexibility index (Phi) is 5.76. The molecule has 1 aliphatic heterocycles. The Morgan fingerprint density at radius 2 is 1.48 bits per heavy atom. The van der Waals surface area contributed by atoms with Crippen molar-refractivity contribution >= 4 is 11.7 Å². The van der Waals surface area contributed by atoms with Gasteiger partial charge in [0, 0.05) is 17.7 Å². The zero-order chi connectivity index (χ0) is 22.0. The Morgan fingerprint density at radius 3 is 2.16 bits per heavy atom. The standard InChI is InChI=1S/C26H25NO4/c1-17-22-16-24(31-3)23(30-2)15-19(22)13-14-27(17)26(29)21-12-8-7-11-20(21)25(28)18-9-5-4-6-10-18/h4-12,15-17H,13-14H2,1-3H3. The number of carbonyl (C=O) groups excluding carboxylic acids is 2. The van der Waals surface area contributed by atoms with Crippen LogP contribution in [0.3, 0.4) is 0 Å². The Bertz CT molecular complexity index is 1120. The van der Waals surface area contributed by atoms with Gasteiger partial charge in [-0.3, -0.25) is 9.59 Å². The largest absolute Gasteiger partial charge is 0.493 e. The molecule has 3 aromatic carbocycles. The number of carbonyl (C=O) groups is 2. The molecule has 1 aliphatic rings. The average Bonchev–Trinajstić information content (AvgIpc) is 2.83. The lowest BCUT2D eigenvalue weighted by Gasteiger charge is -2.36. The van der Waals surface area contributed by atoms with Gasteiger partial charge in [-0.1, -0.05) is 48.5 Å². The van der Waals surface area contributed by atoms with Crippen molar-refractivity contribution in [3.63, 3.8) is 0 Å². The monoisotopic (exact) mass is 415 g/mol. The van der Waals surface area contributed by atoms with Crippen molar-refractivity contribution in [3.05, 3.63) is 94.5 Å². The summed E-state index contributed by atoms with van der Waals surface area (Å²) in [5, 5.41) is 0. The molecule has 0 aromatic heterocycles. The summed E-state index contributed by atoms with van der Waals surface area (Å²) in [5.74, 6) is 1.03. The van der Waals surface area contributed by atoms with E-state index in [1.807, 2.05) is 42.2 Å². The molecule has 0 saturated heterocycles. The Labute approximate surface area is 182 Å². The van der Waals surface area contributed by atoms with Crippen molar-refractivity contribution in [2.45, 2.75) is 19.4 Å². The number of nitrogens with zero attached hydrogens (tertiary/aromatic N) is 1. The molecule has 158 valence electrons. The fraction of sp³-hybridized carbons (Fsp3) is 0.231. The molecular weight excluding hydrogens is 390 g/mol. The second-order valence-corrected chi connectivity index (χ2v) is 7.57. The van der Waals surface area contributed by atoms with Gasteiger partial charge in [-0.25, -0.2) is 0 Å². The van der Waals surface area contributed by atoms with Crippen molar-refractivity contribution in [1.29, 1.82) is 0 Å². The van der Waals surface area contributed by atoms with Crippen LogP contribution in [-0.4, -0.2) is 37.4 Å². The highest BCUT2D eigenvalue weighted by Crippen LogP contribution is 2.38. The van der Waals surface area contributed by atoms with Crippen LogP contribution in [-0.2, 0) is 6.42 Å². The van der Waals surface area contributed by atoms with Gasteiger partial charge in [0.2, 0.25) is 0 Å². The Balaban J connectivity index is 1.68. The molecule has 0 spiro atoms. The van der Waals surface area contributed by atoms with Crippen LogP contribution in [0.5, 0.6) is 11.5 Å². The number of rotatable bonds is 5. The average molecular weight is 415 g/mol. The summed E-state index contributed by atoms with van der Waals surface area (Å²) in [7, 11) is 3.22. The van der Waals surface area contributed by atoms with Crippen molar-refractivity contribution in [3.8, 4) is 11.5 Å². The predicted octanol–water partition coefficient (Wildman–Crippen LogP) is 4.69. The fourth-order valence-electron chi connectivity index (χ4n) is 4.19. The number of hydrogen-bond acceptors (Lipinski definition) is 4. The predicted molar refractivity (Wildman–Crippen MR) is 119 cm³/mol. The SMILES string of the molecule is COc1cc2c(cc1OC)C(C)N(C(=O)c1ccccc1C(=O)c1ccccc1)CC2. The molecular formula is C26H25NO4. The number of amides is 1. The molecule has 0 saturated carbocycles. The zero-order valence-corrected chi connectivity index (χ0v) is 17.9. The van der Waals surface area contributed by atoms with Gasteiger partial charge in [0.15, 0.2) is 17.3 Å². The normalized spacial score (nSPS) is 15.2. The third-order valence-electron chi connectivity index (χ3n) is 5.88. The van der Waals surface area contributed by atoms with Gasteiger partial charge in [-0.05, 0) is 42.7 Å². The molecule has 3 aromatic rings. The molecule has 0 N–H and O–H groups in total. The molecule has 1 heterocycles. The van der Waals surface area contributed by atoms with E-state index in [2.05, 4.69) is 0 Å². The van der Waals surface area contributed by atoms with E-state index in [1.54, 1.807) is 50.6 Å². The Hall–Kier alpha value is -3.60. The first kappa shape index (κ1) is 20.7. The van der Waals surface area contributed by atoms with Gasteiger partial charge in [-0.15, -0.1) is 0 Å². The minimum atomic E-state index is -0.157. The van der Waals surface area contributed by atoms with Gasteiger partial charge in [0.1, 0.15) is 0 Å². The number of ketones is 1. The lowest BCUT2D eigenvalue weighted by Crippen LogP contribution is -2.39.